The molecule has 3 nitrogen and oxygen atoms in total. The highest BCUT2D eigenvalue weighted by Crippen LogP contribution is 2.37. The van der Waals surface area contributed by atoms with E-state index in [1.54, 1.807) is 24.3 Å². The van der Waals surface area contributed by atoms with Crippen LogP contribution >= 0.6 is 11.6 Å². The van der Waals surface area contributed by atoms with Crippen molar-refractivity contribution in [3.05, 3.63) is 106 Å². The summed E-state index contributed by atoms with van der Waals surface area (Å²) in [6, 6.07) is 20.9. The molecule has 4 heteroatoms. The second-order valence-corrected chi connectivity index (χ2v) is 7.17. The maximum Gasteiger partial charge on any atom is 0.232 e. The maximum atomic E-state index is 12.8. The Labute approximate surface area is 174 Å². The van der Waals surface area contributed by atoms with Crippen LogP contribution in [-0.4, -0.2) is 12.4 Å². The molecule has 0 spiro atoms. The molecule has 0 amide bonds. The molecule has 144 valence electrons. The molecule has 0 saturated carbocycles. The predicted octanol–water partition coefficient (Wildman–Crippen LogP) is 6.36. The standard InChI is InChI=1S/C25H19ClO3/c1-17-13-21(28-12-6-10-18-7-3-2-4-8-18)16-22-24(17)25(27)23(29-22)15-19-9-5-11-20(26)14-19/h2-11,13-16H,12H2,1H3/b10-6+,23-15-. The van der Waals surface area contributed by atoms with E-state index in [0.717, 1.165) is 16.7 Å². The molecule has 3 aromatic rings. The van der Waals surface area contributed by atoms with E-state index >= 15 is 0 Å². The number of carbonyl (C=O) groups excluding carboxylic acids is 1. The first-order chi connectivity index (χ1) is 14.1. The van der Waals surface area contributed by atoms with Crippen LogP contribution in [-0.2, 0) is 0 Å². The van der Waals surface area contributed by atoms with Crippen molar-refractivity contribution in [2.45, 2.75) is 6.92 Å². The third kappa shape index (κ3) is 4.41. The molecule has 29 heavy (non-hydrogen) atoms. The van der Waals surface area contributed by atoms with Crippen molar-refractivity contribution in [3.63, 3.8) is 0 Å². The van der Waals surface area contributed by atoms with Gasteiger partial charge in [0.15, 0.2) is 5.76 Å². The number of hydrogen-bond acceptors (Lipinski definition) is 3. The van der Waals surface area contributed by atoms with Crippen LogP contribution in [0.25, 0.3) is 12.2 Å². The van der Waals surface area contributed by atoms with Gasteiger partial charge in [-0.1, -0.05) is 60.1 Å². The fourth-order valence-corrected chi connectivity index (χ4v) is 3.40. The summed E-state index contributed by atoms with van der Waals surface area (Å²) in [7, 11) is 0. The fraction of sp³-hybridized carbons (Fsp3) is 0.0800. The minimum atomic E-state index is -0.131. The second kappa shape index (κ2) is 8.38. The Bertz CT molecular complexity index is 1110. The number of halogens is 1. The number of aryl methyl sites for hydroxylation is 1. The number of Topliss-reactive ketones (excluding diaryl/α,β-unsaturated/α-hetero) is 1. The molecule has 0 fully saturated rings. The molecule has 1 aliphatic rings. The SMILES string of the molecule is Cc1cc(OC/C=C/c2ccccc2)cc2c1C(=O)/C(=C/c1cccc(Cl)c1)O2. The normalized spacial score (nSPS) is 14.3. The molecule has 0 N–H and O–H groups in total. The molecule has 0 saturated heterocycles. The number of ether oxygens (including phenoxy) is 2. The zero-order chi connectivity index (χ0) is 20.2. The van der Waals surface area contributed by atoms with Gasteiger partial charge in [0.2, 0.25) is 5.78 Å². The second-order valence-electron chi connectivity index (χ2n) is 6.73. The van der Waals surface area contributed by atoms with E-state index in [-0.39, 0.29) is 11.5 Å². The Balaban J connectivity index is 1.49. The number of rotatable bonds is 5. The Kier molecular flexibility index (Phi) is 5.50. The van der Waals surface area contributed by atoms with Crippen molar-refractivity contribution in [2.24, 2.45) is 0 Å². The smallest absolute Gasteiger partial charge is 0.232 e. The van der Waals surface area contributed by atoms with Crippen molar-refractivity contribution in [1.82, 2.24) is 0 Å². The van der Waals surface area contributed by atoms with Gasteiger partial charge in [-0.3, -0.25) is 4.79 Å². The average molecular weight is 403 g/mol. The summed E-state index contributed by atoms with van der Waals surface area (Å²) >= 11 is 6.02. The minimum Gasteiger partial charge on any atom is -0.489 e. The topological polar surface area (TPSA) is 35.5 Å². The van der Waals surface area contributed by atoms with Gasteiger partial charge in [-0.05, 0) is 54.0 Å². The van der Waals surface area contributed by atoms with Crippen LogP contribution in [0.5, 0.6) is 11.5 Å². The van der Waals surface area contributed by atoms with Crippen LogP contribution in [0.2, 0.25) is 5.02 Å². The van der Waals surface area contributed by atoms with Crippen molar-refractivity contribution < 1.29 is 14.3 Å². The first-order valence-corrected chi connectivity index (χ1v) is 9.67. The molecule has 0 aromatic heterocycles. The lowest BCUT2D eigenvalue weighted by Crippen LogP contribution is -2.00. The lowest BCUT2D eigenvalue weighted by molar-refractivity contribution is 0.101. The molecule has 4 rings (SSSR count). The third-order valence-corrected chi connectivity index (χ3v) is 4.78. The largest absolute Gasteiger partial charge is 0.489 e. The number of allylic oxidation sites excluding steroid dienone is 1. The Morgan fingerprint density at radius 3 is 2.59 bits per heavy atom. The number of fused-ring (bicyclic) bond motifs is 1. The van der Waals surface area contributed by atoms with Crippen LogP contribution in [0.4, 0.5) is 0 Å². The average Bonchev–Trinajstić information content (AvgIpc) is 3.02. The van der Waals surface area contributed by atoms with Crippen LogP contribution in [0.3, 0.4) is 0 Å². The van der Waals surface area contributed by atoms with E-state index in [9.17, 15) is 4.79 Å². The molecule has 0 atom stereocenters. The van der Waals surface area contributed by atoms with Crippen LogP contribution < -0.4 is 9.47 Å². The van der Waals surface area contributed by atoms with Gasteiger partial charge in [0.1, 0.15) is 18.1 Å². The van der Waals surface area contributed by atoms with E-state index in [0.29, 0.717) is 28.7 Å². The molecule has 0 unspecified atom stereocenters. The molecule has 1 heterocycles. The minimum absolute atomic E-state index is 0.131. The van der Waals surface area contributed by atoms with Crippen molar-refractivity contribution in [1.29, 1.82) is 0 Å². The monoisotopic (exact) mass is 402 g/mol. The Morgan fingerprint density at radius 1 is 1.00 bits per heavy atom. The van der Waals surface area contributed by atoms with Crippen LogP contribution in [0.1, 0.15) is 27.0 Å². The highest BCUT2D eigenvalue weighted by Gasteiger charge is 2.30. The molecule has 0 bridgehead atoms. The van der Waals surface area contributed by atoms with Gasteiger partial charge in [0, 0.05) is 11.1 Å². The summed E-state index contributed by atoms with van der Waals surface area (Å²) in [5.41, 5.74) is 3.33. The zero-order valence-corrected chi connectivity index (χ0v) is 16.6. The van der Waals surface area contributed by atoms with Gasteiger partial charge in [0.05, 0.1) is 5.56 Å². The van der Waals surface area contributed by atoms with E-state index < -0.39 is 0 Å². The van der Waals surface area contributed by atoms with Gasteiger partial charge >= 0.3 is 0 Å². The van der Waals surface area contributed by atoms with E-state index in [4.69, 9.17) is 21.1 Å². The van der Waals surface area contributed by atoms with Crippen molar-refractivity contribution in [3.8, 4) is 11.5 Å². The van der Waals surface area contributed by atoms with E-state index in [1.165, 1.54) is 0 Å². The van der Waals surface area contributed by atoms with Crippen LogP contribution in [0.15, 0.2) is 78.6 Å². The molecular weight excluding hydrogens is 384 g/mol. The summed E-state index contributed by atoms with van der Waals surface area (Å²) in [4.78, 5) is 12.8. The van der Waals surface area contributed by atoms with E-state index in [2.05, 4.69) is 0 Å². The Hall–Kier alpha value is -3.30. The summed E-state index contributed by atoms with van der Waals surface area (Å²) in [6.45, 7) is 2.31. The summed E-state index contributed by atoms with van der Waals surface area (Å²) in [5.74, 6) is 1.33. The predicted molar refractivity (Wildman–Crippen MR) is 117 cm³/mol. The van der Waals surface area contributed by atoms with Gasteiger partial charge in [-0.15, -0.1) is 0 Å². The van der Waals surface area contributed by atoms with E-state index in [1.807, 2.05) is 67.6 Å². The fourth-order valence-electron chi connectivity index (χ4n) is 3.20. The Morgan fingerprint density at radius 2 is 1.79 bits per heavy atom. The van der Waals surface area contributed by atoms with Gasteiger partial charge in [-0.2, -0.15) is 0 Å². The molecule has 0 radical (unpaired) electrons. The van der Waals surface area contributed by atoms with Crippen molar-refractivity contribution >= 4 is 29.5 Å². The first kappa shape index (κ1) is 19.0. The highest BCUT2D eigenvalue weighted by molar-refractivity contribution is 6.30. The third-order valence-electron chi connectivity index (χ3n) is 4.55. The quantitative estimate of drug-likeness (QED) is 0.466. The zero-order valence-electron chi connectivity index (χ0n) is 15.9. The number of ketones is 1. The van der Waals surface area contributed by atoms with Gasteiger partial charge < -0.3 is 9.47 Å². The molecular formula is C25H19ClO3. The molecule has 0 aliphatic carbocycles. The van der Waals surface area contributed by atoms with Crippen molar-refractivity contribution in [2.75, 3.05) is 6.61 Å². The number of benzene rings is 3. The number of carbonyl (C=O) groups is 1. The summed E-state index contributed by atoms with van der Waals surface area (Å²) in [6.07, 6.45) is 5.66. The lowest BCUT2D eigenvalue weighted by Gasteiger charge is -2.07. The van der Waals surface area contributed by atoms with Gasteiger partial charge in [0.25, 0.3) is 0 Å². The van der Waals surface area contributed by atoms with Gasteiger partial charge in [-0.25, -0.2) is 0 Å². The molecule has 1 aliphatic heterocycles. The number of hydrogen-bond donors (Lipinski definition) is 0. The summed E-state index contributed by atoms with van der Waals surface area (Å²) in [5, 5.41) is 0.609. The maximum absolute atomic E-state index is 12.8. The first-order valence-electron chi connectivity index (χ1n) is 9.29. The van der Waals surface area contributed by atoms with Crippen LogP contribution in [0, 0.1) is 6.92 Å². The highest BCUT2D eigenvalue weighted by atomic mass is 35.5. The summed E-state index contributed by atoms with van der Waals surface area (Å²) < 4.78 is 11.7. The molecule has 3 aromatic carbocycles. The lowest BCUT2D eigenvalue weighted by atomic mass is 10.0.